The van der Waals surface area contributed by atoms with Gasteiger partial charge in [0.05, 0.1) is 25.4 Å². The third kappa shape index (κ3) is 66.7. The van der Waals surface area contributed by atoms with Crippen LogP contribution >= 0.6 is 0 Å². The monoisotopic (exact) mass is 1150 g/mol. The quantitative estimate of drug-likeness (QED) is 0.0320. The molecule has 0 aliphatic heterocycles. The van der Waals surface area contributed by atoms with Crippen LogP contribution in [-0.2, 0) is 14.3 Å². The summed E-state index contributed by atoms with van der Waals surface area (Å²) >= 11 is 0. The Morgan fingerprint density at radius 3 is 0.951 bits per heavy atom. The van der Waals surface area contributed by atoms with Crippen molar-refractivity contribution in [1.29, 1.82) is 0 Å². The van der Waals surface area contributed by atoms with E-state index in [9.17, 15) is 19.8 Å². The number of aliphatic hydroxyl groups excluding tert-OH is 2. The molecule has 0 bridgehead atoms. The Balaban J connectivity index is 3.47. The molecule has 0 heterocycles. The number of carbonyl (C=O) groups excluding carboxylic acids is 2. The summed E-state index contributed by atoms with van der Waals surface area (Å²) in [5.41, 5.74) is 0. The predicted octanol–water partition coefficient (Wildman–Crippen LogP) is 23.8. The van der Waals surface area contributed by atoms with Gasteiger partial charge >= 0.3 is 5.97 Å². The highest BCUT2D eigenvalue weighted by atomic mass is 16.5. The Hall–Kier alpha value is -2.44. The first-order chi connectivity index (χ1) is 40.5. The Kier molecular flexibility index (Phi) is 68.9. The second-order valence-electron chi connectivity index (χ2n) is 24.9. The summed E-state index contributed by atoms with van der Waals surface area (Å²) in [5, 5.41) is 23.3. The van der Waals surface area contributed by atoms with Crippen molar-refractivity contribution in [2.45, 2.75) is 398 Å². The lowest BCUT2D eigenvalue weighted by molar-refractivity contribution is -0.143. The summed E-state index contributed by atoms with van der Waals surface area (Å²) in [6.07, 6.45) is 94.4. The Labute approximate surface area is 511 Å². The summed E-state index contributed by atoms with van der Waals surface area (Å²) in [5.74, 6) is -0.0765. The first-order valence-corrected chi connectivity index (χ1v) is 36.6. The van der Waals surface area contributed by atoms with Gasteiger partial charge in [-0.15, -0.1) is 0 Å². The maximum atomic E-state index is 12.5. The number of hydrogen-bond acceptors (Lipinski definition) is 5. The van der Waals surface area contributed by atoms with Gasteiger partial charge in [-0.05, 0) is 96.3 Å². The maximum absolute atomic E-state index is 12.5. The average Bonchev–Trinajstić information content (AvgIpc) is 3.48. The van der Waals surface area contributed by atoms with Gasteiger partial charge in [0.2, 0.25) is 5.91 Å². The minimum Gasteiger partial charge on any atom is -0.466 e. The van der Waals surface area contributed by atoms with Gasteiger partial charge in [-0.2, -0.15) is 0 Å². The highest BCUT2D eigenvalue weighted by Crippen LogP contribution is 2.18. The summed E-state index contributed by atoms with van der Waals surface area (Å²) in [6, 6.07) is -0.639. The third-order valence-corrected chi connectivity index (χ3v) is 16.8. The van der Waals surface area contributed by atoms with E-state index in [-0.39, 0.29) is 18.5 Å². The Bertz CT molecular complexity index is 1420. The zero-order valence-electron chi connectivity index (χ0n) is 55.0. The minimum absolute atomic E-state index is 0.00111. The van der Waals surface area contributed by atoms with Crippen LogP contribution in [0.1, 0.15) is 386 Å². The van der Waals surface area contributed by atoms with E-state index >= 15 is 0 Å². The number of amides is 1. The van der Waals surface area contributed by atoms with Gasteiger partial charge in [-0.3, -0.25) is 9.59 Å². The molecule has 2 unspecified atom stereocenters. The van der Waals surface area contributed by atoms with Gasteiger partial charge in [-0.1, -0.05) is 338 Å². The molecule has 0 aromatic heterocycles. The molecule has 0 saturated heterocycles. The van der Waals surface area contributed by atoms with E-state index in [1.165, 1.54) is 289 Å². The molecule has 0 aliphatic rings. The summed E-state index contributed by atoms with van der Waals surface area (Å²) in [6.45, 7) is 4.89. The molecule has 1 amide bonds. The topological polar surface area (TPSA) is 95.9 Å². The van der Waals surface area contributed by atoms with Crippen LogP contribution in [0.2, 0.25) is 0 Å². The van der Waals surface area contributed by atoms with Crippen molar-refractivity contribution >= 4 is 11.9 Å². The molecule has 2 atom stereocenters. The van der Waals surface area contributed by atoms with Crippen molar-refractivity contribution in [2.75, 3.05) is 13.2 Å². The molecule has 0 aliphatic carbocycles. The van der Waals surface area contributed by atoms with E-state index in [0.29, 0.717) is 19.4 Å². The van der Waals surface area contributed by atoms with Crippen molar-refractivity contribution < 1.29 is 24.5 Å². The van der Waals surface area contributed by atoms with Gasteiger partial charge < -0.3 is 20.3 Å². The van der Waals surface area contributed by atoms with E-state index in [4.69, 9.17) is 4.74 Å². The minimum atomic E-state index is -0.854. The largest absolute Gasteiger partial charge is 0.466 e. The summed E-state index contributed by atoms with van der Waals surface area (Å²) in [7, 11) is 0. The molecule has 6 nitrogen and oxygen atoms in total. The molecule has 0 radical (unpaired) electrons. The summed E-state index contributed by atoms with van der Waals surface area (Å²) < 4.78 is 5.49. The molecule has 0 aromatic carbocycles. The van der Waals surface area contributed by atoms with Crippen LogP contribution in [0, 0.1) is 0 Å². The van der Waals surface area contributed by atoms with Crippen LogP contribution < -0.4 is 5.32 Å². The van der Waals surface area contributed by atoms with Crippen molar-refractivity contribution in [1.82, 2.24) is 5.32 Å². The predicted molar refractivity (Wildman–Crippen MR) is 361 cm³/mol. The molecule has 6 heteroatoms. The fourth-order valence-corrected chi connectivity index (χ4v) is 11.2. The van der Waals surface area contributed by atoms with Crippen molar-refractivity contribution in [3.8, 4) is 0 Å². The number of nitrogens with one attached hydrogen (secondary N) is 1. The molecule has 0 spiro atoms. The normalized spacial score (nSPS) is 12.9. The van der Waals surface area contributed by atoms with Crippen LogP contribution in [0.4, 0.5) is 0 Å². The van der Waals surface area contributed by atoms with Crippen LogP contribution in [0.25, 0.3) is 0 Å². The van der Waals surface area contributed by atoms with Gasteiger partial charge in [0.25, 0.3) is 0 Å². The Morgan fingerprint density at radius 1 is 0.341 bits per heavy atom. The van der Waals surface area contributed by atoms with Crippen LogP contribution in [0.3, 0.4) is 0 Å². The average molecular weight is 1150 g/mol. The molecule has 0 saturated carbocycles. The number of carbonyl (C=O) groups is 2. The van der Waals surface area contributed by atoms with Crippen molar-refractivity contribution in [3.63, 3.8) is 0 Å². The first kappa shape index (κ1) is 79.6. The second-order valence-corrected chi connectivity index (χ2v) is 24.9. The van der Waals surface area contributed by atoms with E-state index in [1.807, 2.05) is 6.08 Å². The highest BCUT2D eigenvalue weighted by Gasteiger charge is 2.18. The van der Waals surface area contributed by atoms with Crippen LogP contribution in [0.15, 0.2) is 60.8 Å². The molecule has 82 heavy (non-hydrogen) atoms. The van der Waals surface area contributed by atoms with Crippen molar-refractivity contribution in [2.24, 2.45) is 0 Å². The van der Waals surface area contributed by atoms with Gasteiger partial charge in [0, 0.05) is 12.8 Å². The number of aliphatic hydroxyl groups is 2. The van der Waals surface area contributed by atoms with Crippen LogP contribution in [0.5, 0.6) is 0 Å². The van der Waals surface area contributed by atoms with Crippen molar-refractivity contribution in [3.05, 3.63) is 60.8 Å². The lowest BCUT2D eigenvalue weighted by atomic mass is 10.0. The fourth-order valence-electron chi connectivity index (χ4n) is 11.2. The standard InChI is InChI=1S/C76H141NO5/c1-3-5-7-9-11-13-15-17-19-21-22-23-24-25-27-30-33-37-40-44-48-52-56-60-64-68-74(79)73(72-78)77-75(80)69-65-61-57-53-49-45-41-38-34-31-28-26-29-32-35-39-43-47-51-55-59-63-67-71-82-76(81)70-66-62-58-54-50-46-42-36-20-18-16-14-12-10-8-6-4-2/h12,14,18,20,26,29,31,34,64,68,73-74,78-79H,3-11,13,15-17,19,21-25,27-28,30,32-33,35-63,65-67,69-72H2,1-2H3,(H,77,80)/b14-12-,20-18-,29-26-,34-31-,68-64+. The number of unbranched alkanes of at least 4 members (excludes halogenated alkanes) is 49. The second kappa shape index (κ2) is 71.0. The lowest BCUT2D eigenvalue weighted by Gasteiger charge is -2.20. The molecule has 480 valence electrons. The number of allylic oxidation sites excluding steroid dienone is 9. The first-order valence-electron chi connectivity index (χ1n) is 36.6. The SMILES string of the molecule is CCCCC/C=C\C/C=C\CCCCCCCCCC(=O)OCCCCCCCCCCC/C=C\C/C=C\CCCCCCCCCC(=O)NC(CO)C(O)/C=C/CCCCCCCCCCCCCCCCCCCCCCCCC. The Morgan fingerprint density at radius 2 is 0.610 bits per heavy atom. The van der Waals surface area contributed by atoms with Gasteiger partial charge in [-0.25, -0.2) is 0 Å². The zero-order valence-corrected chi connectivity index (χ0v) is 55.0. The molecule has 0 fully saturated rings. The lowest BCUT2D eigenvalue weighted by Crippen LogP contribution is -2.45. The van der Waals surface area contributed by atoms with Gasteiger partial charge in [0.15, 0.2) is 0 Å². The molecular weight excluding hydrogens is 1010 g/mol. The van der Waals surface area contributed by atoms with E-state index in [2.05, 4.69) is 67.8 Å². The smallest absolute Gasteiger partial charge is 0.305 e. The van der Waals surface area contributed by atoms with E-state index in [1.54, 1.807) is 6.08 Å². The van der Waals surface area contributed by atoms with Gasteiger partial charge in [0.1, 0.15) is 0 Å². The molecule has 0 rings (SSSR count). The molecular formula is C76H141NO5. The molecule has 0 aromatic rings. The number of rotatable bonds is 68. The zero-order chi connectivity index (χ0) is 59.2. The highest BCUT2D eigenvalue weighted by molar-refractivity contribution is 5.76. The maximum Gasteiger partial charge on any atom is 0.305 e. The third-order valence-electron chi connectivity index (χ3n) is 16.8. The fraction of sp³-hybridized carbons (Fsp3) is 0.842. The number of esters is 1. The summed E-state index contributed by atoms with van der Waals surface area (Å²) in [4.78, 5) is 24.6. The van der Waals surface area contributed by atoms with E-state index in [0.717, 1.165) is 70.6 Å². The van der Waals surface area contributed by atoms with Crippen LogP contribution in [-0.4, -0.2) is 47.4 Å². The number of ether oxygens (including phenoxy) is 1. The molecule has 3 N–H and O–H groups in total. The van der Waals surface area contributed by atoms with E-state index < -0.39 is 12.1 Å². The number of hydrogen-bond donors (Lipinski definition) is 3.